The summed E-state index contributed by atoms with van der Waals surface area (Å²) in [6, 6.07) is 10.3. The van der Waals surface area contributed by atoms with Crippen molar-refractivity contribution in [1.82, 2.24) is 10.2 Å². The van der Waals surface area contributed by atoms with Gasteiger partial charge in [-0.15, -0.1) is 0 Å². The summed E-state index contributed by atoms with van der Waals surface area (Å²) in [5.74, 6) is 0.613. The lowest BCUT2D eigenvalue weighted by Gasteiger charge is -2.38. The van der Waals surface area contributed by atoms with Gasteiger partial charge in [-0.25, -0.2) is 4.79 Å². The molecular weight excluding hydrogens is 300 g/mol. The van der Waals surface area contributed by atoms with Crippen LogP contribution in [0.4, 0.5) is 4.79 Å². The molecule has 1 aromatic carbocycles. The first kappa shape index (κ1) is 18.8. The highest BCUT2D eigenvalue weighted by molar-refractivity contribution is 5.74. The average molecular weight is 332 g/mol. The van der Waals surface area contributed by atoms with Crippen LogP contribution in [0.5, 0.6) is 0 Å². The molecule has 0 aliphatic heterocycles. The number of rotatable bonds is 7. The molecule has 2 rings (SSSR count). The zero-order chi connectivity index (χ0) is 17.4. The van der Waals surface area contributed by atoms with Crippen LogP contribution in [0.3, 0.4) is 0 Å². The highest BCUT2D eigenvalue weighted by atomic mass is 16.3. The summed E-state index contributed by atoms with van der Waals surface area (Å²) in [7, 11) is 1.93. The first-order chi connectivity index (χ1) is 11.7. The van der Waals surface area contributed by atoms with Gasteiger partial charge in [-0.3, -0.25) is 0 Å². The van der Waals surface area contributed by atoms with E-state index in [0.29, 0.717) is 18.4 Å². The molecule has 24 heavy (non-hydrogen) atoms. The van der Waals surface area contributed by atoms with Crippen molar-refractivity contribution in [2.24, 2.45) is 5.92 Å². The largest absolute Gasteiger partial charge is 0.396 e. The van der Waals surface area contributed by atoms with Gasteiger partial charge in [-0.2, -0.15) is 0 Å². The van der Waals surface area contributed by atoms with E-state index in [1.807, 2.05) is 42.3 Å². The van der Waals surface area contributed by atoms with E-state index < -0.39 is 0 Å². The Kier molecular flexibility index (Phi) is 7.57. The third-order valence-electron chi connectivity index (χ3n) is 5.36. The molecule has 4 heteroatoms. The highest BCUT2D eigenvalue weighted by Gasteiger charge is 2.30. The van der Waals surface area contributed by atoms with Gasteiger partial charge in [0.15, 0.2) is 0 Å². The highest BCUT2D eigenvalue weighted by Crippen LogP contribution is 2.30. The van der Waals surface area contributed by atoms with Crippen LogP contribution >= 0.6 is 0 Å². The molecule has 0 aromatic heterocycles. The van der Waals surface area contributed by atoms with Crippen molar-refractivity contribution in [2.45, 2.75) is 64.0 Å². The first-order valence-corrected chi connectivity index (χ1v) is 9.36. The lowest BCUT2D eigenvalue weighted by molar-refractivity contribution is 0.133. The fourth-order valence-electron chi connectivity index (χ4n) is 3.88. The van der Waals surface area contributed by atoms with E-state index in [9.17, 15) is 4.79 Å². The van der Waals surface area contributed by atoms with Crippen LogP contribution < -0.4 is 5.32 Å². The Balaban J connectivity index is 2.03. The molecule has 1 aliphatic carbocycles. The molecule has 2 amide bonds. The minimum Gasteiger partial charge on any atom is -0.396 e. The Labute approximate surface area is 146 Å². The number of amides is 2. The molecule has 0 bridgehead atoms. The number of carbonyl (C=O) groups is 1. The molecule has 3 unspecified atom stereocenters. The predicted octanol–water partition coefficient (Wildman–Crippen LogP) is 4.11. The number of aliphatic hydroxyl groups excluding tert-OH is 1. The third-order valence-corrected chi connectivity index (χ3v) is 5.36. The second kappa shape index (κ2) is 9.67. The van der Waals surface area contributed by atoms with Gasteiger partial charge in [-0.05, 0) is 37.2 Å². The van der Waals surface area contributed by atoms with Gasteiger partial charge in [0.25, 0.3) is 0 Å². The van der Waals surface area contributed by atoms with Crippen molar-refractivity contribution in [3.05, 3.63) is 35.9 Å². The van der Waals surface area contributed by atoms with E-state index in [2.05, 4.69) is 12.2 Å². The topological polar surface area (TPSA) is 52.6 Å². The van der Waals surface area contributed by atoms with Gasteiger partial charge in [0, 0.05) is 19.7 Å². The number of urea groups is 1. The molecule has 1 aromatic rings. The normalized spacial score (nSPS) is 22.0. The Morgan fingerprint density at radius 3 is 2.67 bits per heavy atom. The minimum atomic E-state index is -0.0445. The van der Waals surface area contributed by atoms with Crippen molar-refractivity contribution in [3.63, 3.8) is 0 Å². The molecule has 3 atom stereocenters. The van der Waals surface area contributed by atoms with Crippen molar-refractivity contribution in [3.8, 4) is 0 Å². The summed E-state index contributed by atoms with van der Waals surface area (Å²) >= 11 is 0. The molecule has 0 heterocycles. The molecule has 4 nitrogen and oxygen atoms in total. The van der Waals surface area contributed by atoms with E-state index in [1.54, 1.807) is 0 Å². The third kappa shape index (κ3) is 4.97. The summed E-state index contributed by atoms with van der Waals surface area (Å²) in [6.07, 6.45) is 7.40. The zero-order valence-corrected chi connectivity index (χ0v) is 15.1. The molecule has 1 aliphatic rings. The van der Waals surface area contributed by atoms with Crippen molar-refractivity contribution < 1.29 is 9.90 Å². The lowest BCUT2D eigenvalue weighted by atomic mass is 9.82. The van der Waals surface area contributed by atoms with Gasteiger partial charge in [0.05, 0.1) is 6.04 Å². The molecule has 0 spiro atoms. The molecular formula is C20H32N2O2. The van der Waals surface area contributed by atoms with Crippen LogP contribution in [0.25, 0.3) is 0 Å². The Morgan fingerprint density at radius 1 is 1.29 bits per heavy atom. The van der Waals surface area contributed by atoms with Crippen LogP contribution in [0.2, 0.25) is 0 Å². The van der Waals surface area contributed by atoms with Crippen LogP contribution in [0.15, 0.2) is 30.3 Å². The minimum absolute atomic E-state index is 0.00661. The zero-order valence-electron chi connectivity index (χ0n) is 15.1. The van der Waals surface area contributed by atoms with Crippen LogP contribution in [0, 0.1) is 5.92 Å². The van der Waals surface area contributed by atoms with E-state index in [4.69, 9.17) is 5.11 Å². The molecule has 0 saturated heterocycles. The van der Waals surface area contributed by atoms with Gasteiger partial charge in [0.1, 0.15) is 0 Å². The van der Waals surface area contributed by atoms with Crippen LogP contribution in [0.1, 0.15) is 63.5 Å². The molecule has 0 radical (unpaired) electrons. The van der Waals surface area contributed by atoms with Crippen LogP contribution in [-0.4, -0.2) is 35.7 Å². The second-order valence-corrected chi connectivity index (χ2v) is 6.91. The van der Waals surface area contributed by atoms with Gasteiger partial charge < -0.3 is 15.3 Å². The summed E-state index contributed by atoms with van der Waals surface area (Å²) in [6.45, 7) is 2.37. The molecule has 134 valence electrons. The summed E-state index contributed by atoms with van der Waals surface area (Å²) < 4.78 is 0. The molecule has 1 saturated carbocycles. The average Bonchev–Trinajstić information content (AvgIpc) is 2.64. The maximum Gasteiger partial charge on any atom is 0.317 e. The number of benzene rings is 1. The predicted molar refractivity (Wildman–Crippen MR) is 97.8 cm³/mol. The molecule has 1 fully saturated rings. The number of aliphatic hydroxyl groups is 1. The smallest absolute Gasteiger partial charge is 0.317 e. The number of hydrogen-bond donors (Lipinski definition) is 2. The summed E-state index contributed by atoms with van der Waals surface area (Å²) in [5.41, 5.74) is 1.10. The van der Waals surface area contributed by atoms with Gasteiger partial charge >= 0.3 is 6.03 Å². The van der Waals surface area contributed by atoms with E-state index in [1.165, 1.54) is 19.3 Å². The first-order valence-electron chi connectivity index (χ1n) is 9.36. The summed E-state index contributed by atoms with van der Waals surface area (Å²) in [5, 5.41) is 12.3. The fraction of sp³-hybridized carbons (Fsp3) is 0.650. The maximum atomic E-state index is 12.8. The second-order valence-electron chi connectivity index (χ2n) is 6.91. The van der Waals surface area contributed by atoms with E-state index >= 15 is 0 Å². The quantitative estimate of drug-likeness (QED) is 0.789. The Morgan fingerprint density at radius 2 is 2.00 bits per heavy atom. The summed E-state index contributed by atoms with van der Waals surface area (Å²) in [4.78, 5) is 14.7. The standard InChI is InChI=1S/C20H32N2O2/c1-3-16-10-7-8-14-19(16)22(2)20(24)21-18(13-9-15-23)17-11-5-4-6-12-17/h4-6,11-12,16,18-19,23H,3,7-10,13-15H2,1-2H3,(H,21,24). The Bertz CT molecular complexity index is 492. The monoisotopic (exact) mass is 332 g/mol. The van der Waals surface area contributed by atoms with Crippen molar-refractivity contribution in [2.75, 3.05) is 13.7 Å². The van der Waals surface area contributed by atoms with E-state index in [-0.39, 0.29) is 18.7 Å². The lowest BCUT2D eigenvalue weighted by Crippen LogP contribution is -2.48. The van der Waals surface area contributed by atoms with Crippen LogP contribution in [-0.2, 0) is 0 Å². The number of carbonyl (C=O) groups excluding carboxylic acids is 1. The van der Waals surface area contributed by atoms with Gasteiger partial charge in [-0.1, -0.05) is 56.5 Å². The SMILES string of the molecule is CCC1CCCCC1N(C)C(=O)NC(CCCO)c1ccccc1. The van der Waals surface area contributed by atoms with Crippen molar-refractivity contribution >= 4 is 6.03 Å². The number of nitrogens with one attached hydrogen (secondary N) is 1. The Hall–Kier alpha value is -1.55. The van der Waals surface area contributed by atoms with E-state index in [0.717, 1.165) is 24.8 Å². The van der Waals surface area contributed by atoms with Crippen molar-refractivity contribution in [1.29, 1.82) is 0 Å². The van der Waals surface area contributed by atoms with Gasteiger partial charge in [0.2, 0.25) is 0 Å². The number of nitrogens with zero attached hydrogens (tertiary/aromatic N) is 1. The molecule has 2 N–H and O–H groups in total. The number of hydrogen-bond acceptors (Lipinski definition) is 2. The fourth-order valence-corrected chi connectivity index (χ4v) is 3.88. The maximum absolute atomic E-state index is 12.8.